The summed E-state index contributed by atoms with van der Waals surface area (Å²) in [6.45, 7) is 2.65. The van der Waals surface area contributed by atoms with Crippen LogP contribution in [0.3, 0.4) is 0 Å². The average Bonchev–Trinajstić information content (AvgIpc) is 2.18. The van der Waals surface area contributed by atoms with E-state index in [9.17, 15) is 4.79 Å². The highest BCUT2D eigenvalue weighted by Gasteiger charge is 2.10. The molecule has 1 aliphatic heterocycles. The molecule has 0 amide bonds. The molecule has 1 aromatic rings. The predicted molar refractivity (Wildman–Crippen MR) is 69.6 cm³/mol. The third kappa shape index (κ3) is 1.59. The Balaban J connectivity index is 2.82. The Bertz CT molecular complexity index is 488. The molecule has 0 atom stereocenters. The van der Waals surface area contributed by atoms with Crippen LogP contribution in [0, 0.1) is 0 Å². The van der Waals surface area contributed by atoms with E-state index in [1.54, 1.807) is 4.57 Å². The van der Waals surface area contributed by atoms with Gasteiger partial charge in [-0.3, -0.25) is 4.79 Å². The smallest absolute Gasteiger partial charge is 0.252 e. The zero-order chi connectivity index (χ0) is 10.1. The summed E-state index contributed by atoms with van der Waals surface area (Å²) >= 11 is 5.99. The highest BCUT2D eigenvalue weighted by Crippen LogP contribution is 2.23. The number of fused-ring (bicyclic) bond motifs is 1. The van der Waals surface area contributed by atoms with Crippen molar-refractivity contribution in [2.75, 3.05) is 0 Å². The van der Waals surface area contributed by atoms with Gasteiger partial charge in [-0.2, -0.15) is 0 Å². The van der Waals surface area contributed by atoms with Crippen molar-refractivity contribution in [1.29, 1.82) is 0 Å². The van der Waals surface area contributed by atoms with Crippen LogP contribution >= 0.6 is 32.3 Å². The minimum atomic E-state index is -0.0244. The molecule has 1 aliphatic rings. The zero-order valence-corrected chi connectivity index (χ0v) is 10.5. The summed E-state index contributed by atoms with van der Waals surface area (Å²) < 4.78 is 6.04. The van der Waals surface area contributed by atoms with Gasteiger partial charge in [0.15, 0.2) is 0 Å². The summed E-state index contributed by atoms with van der Waals surface area (Å²) in [5.74, 6) is 0. The van der Waals surface area contributed by atoms with Crippen LogP contribution in [0.1, 0.15) is 18.2 Å². The first-order chi connectivity index (χ1) is 6.74. The van der Waals surface area contributed by atoms with Crippen molar-refractivity contribution in [3.05, 3.63) is 36.8 Å². The van der Waals surface area contributed by atoms with Crippen molar-refractivity contribution in [3.63, 3.8) is 0 Å². The molecule has 0 aromatic carbocycles. The molecule has 2 nitrogen and oxygen atoms in total. The number of halogens is 2. The topological polar surface area (TPSA) is 22.0 Å². The van der Waals surface area contributed by atoms with E-state index in [1.807, 2.05) is 13.0 Å². The summed E-state index contributed by atoms with van der Waals surface area (Å²) in [6.07, 6.45) is 2.01. The van der Waals surface area contributed by atoms with E-state index in [4.69, 9.17) is 11.6 Å². The van der Waals surface area contributed by atoms with Gasteiger partial charge in [0.05, 0.1) is 10.7 Å². The molecule has 0 spiro atoms. The summed E-state index contributed by atoms with van der Waals surface area (Å²) in [6, 6.07) is 1.50. The Morgan fingerprint density at radius 3 is 3.07 bits per heavy atom. The number of rotatable bonds is 1. The number of pyridine rings is 1. The summed E-state index contributed by atoms with van der Waals surface area (Å²) in [5, 5.41) is 0.582. The molecule has 0 fully saturated rings. The van der Waals surface area contributed by atoms with E-state index in [1.165, 1.54) is 6.07 Å². The molecule has 0 bridgehead atoms. The van der Waals surface area contributed by atoms with Gasteiger partial charge in [-0.25, -0.2) is 0 Å². The summed E-state index contributed by atoms with van der Waals surface area (Å²) in [4.78, 5) is 11.6. The largest absolute Gasteiger partial charge is 0.308 e. The van der Waals surface area contributed by atoms with E-state index in [-0.39, 0.29) is 26.3 Å². The van der Waals surface area contributed by atoms with E-state index in [0.29, 0.717) is 11.6 Å². The number of hydrogen-bond acceptors (Lipinski definition) is 1. The molecule has 0 saturated heterocycles. The monoisotopic (exact) mass is 321 g/mol. The molecular weight excluding hydrogens is 312 g/mol. The number of hydrogen-bond donors (Lipinski definition) is 0. The highest BCUT2D eigenvalue weighted by molar-refractivity contribution is 14.2. The second-order valence-corrected chi connectivity index (χ2v) is 5.37. The molecule has 0 unspecified atom stereocenters. The Morgan fingerprint density at radius 2 is 2.36 bits per heavy atom. The van der Waals surface area contributed by atoms with Crippen molar-refractivity contribution >= 4 is 42.4 Å². The van der Waals surface area contributed by atoms with Crippen LogP contribution in [0.4, 0.5) is 0 Å². The van der Waals surface area contributed by atoms with Crippen molar-refractivity contribution in [1.82, 2.24) is 4.57 Å². The van der Waals surface area contributed by atoms with Gasteiger partial charge < -0.3 is 4.57 Å². The van der Waals surface area contributed by atoms with Crippen LogP contribution in [0.15, 0.2) is 14.9 Å². The minimum Gasteiger partial charge on any atom is -0.308 e. The molecular formula is C10H9ClINO. The highest BCUT2D eigenvalue weighted by atomic mass is 127. The first-order valence-corrected chi connectivity index (χ1v) is 7.16. The van der Waals surface area contributed by atoms with Gasteiger partial charge in [0.25, 0.3) is 5.56 Å². The fourth-order valence-electron chi connectivity index (χ4n) is 1.46. The van der Waals surface area contributed by atoms with E-state index < -0.39 is 0 Å². The molecule has 0 radical (unpaired) electrons. The van der Waals surface area contributed by atoms with Gasteiger partial charge in [-0.15, -0.1) is 0 Å². The predicted octanol–water partition coefficient (Wildman–Crippen LogP) is 2.63. The average molecular weight is 322 g/mol. The SMILES string of the molecule is CCn1c2c(c(Cl)cc1=O)C=IC=C2. The molecule has 1 aromatic heterocycles. The molecule has 2 rings (SSSR count). The van der Waals surface area contributed by atoms with Crippen LogP contribution in [0.5, 0.6) is 0 Å². The second-order valence-electron chi connectivity index (χ2n) is 2.90. The van der Waals surface area contributed by atoms with Gasteiger partial charge >= 0.3 is 0 Å². The van der Waals surface area contributed by atoms with Crippen molar-refractivity contribution in [3.8, 4) is 0 Å². The van der Waals surface area contributed by atoms with Crippen LogP contribution in [-0.2, 0) is 6.54 Å². The van der Waals surface area contributed by atoms with E-state index in [0.717, 1.165) is 11.3 Å². The molecule has 14 heavy (non-hydrogen) atoms. The van der Waals surface area contributed by atoms with Gasteiger partial charge in [-0.1, -0.05) is 32.3 Å². The molecule has 0 saturated carbocycles. The maximum absolute atomic E-state index is 11.6. The number of nitrogens with zero attached hydrogens (tertiary/aromatic N) is 1. The normalized spacial score (nSPS) is 13.6. The van der Waals surface area contributed by atoms with Gasteiger partial charge in [-0.05, 0) is 21.1 Å². The quantitative estimate of drug-likeness (QED) is 0.729. The van der Waals surface area contributed by atoms with Crippen LogP contribution < -0.4 is 5.56 Å². The lowest BCUT2D eigenvalue weighted by molar-refractivity contribution is 0.719. The summed E-state index contributed by atoms with van der Waals surface area (Å²) in [5.41, 5.74) is 1.97. The Labute approximate surface area is 97.0 Å². The Hall–Kier alpha value is -0.420. The molecule has 74 valence electrons. The van der Waals surface area contributed by atoms with Crippen LogP contribution in [-0.4, -0.2) is 8.58 Å². The Kier molecular flexibility index (Phi) is 2.88. The molecule has 4 heteroatoms. The third-order valence-corrected chi connectivity index (χ3v) is 4.19. The first kappa shape index (κ1) is 10.1. The third-order valence-electron chi connectivity index (χ3n) is 2.12. The molecule has 0 aliphatic carbocycles. The van der Waals surface area contributed by atoms with Gasteiger partial charge in [0.1, 0.15) is 0 Å². The lowest BCUT2D eigenvalue weighted by Gasteiger charge is -2.13. The maximum atomic E-state index is 11.6. The fourth-order valence-corrected chi connectivity index (χ4v) is 3.66. The van der Waals surface area contributed by atoms with Gasteiger partial charge in [0, 0.05) is 18.2 Å². The minimum absolute atomic E-state index is 0.0191. The summed E-state index contributed by atoms with van der Waals surface area (Å²) in [7, 11) is 0. The first-order valence-electron chi connectivity index (χ1n) is 4.29. The van der Waals surface area contributed by atoms with E-state index in [2.05, 4.69) is 8.09 Å². The standard InChI is InChI=1S/C10H9ClINO/c1-2-13-9-3-4-12-6-7(9)8(11)5-10(13)14/h3-6H,2H2,1H3. The lowest BCUT2D eigenvalue weighted by Crippen LogP contribution is -2.22. The van der Waals surface area contributed by atoms with Crippen LogP contribution in [0.2, 0.25) is 5.02 Å². The maximum Gasteiger partial charge on any atom is 0.252 e. The Morgan fingerprint density at radius 1 is 1.57 bits per heavy atom. The van der Waals surface area contributed by atoms with Crippen molar-refractivity contribution < 1.29 is 0 Å². The van der Waals surface area contributed by atoms with Crippen molar-refractivity contribution in [2.45, 2.75) is 13.5 Å². The number of aromatic nitrogens is 1. The molecule has 2 heterocycles. The second kappa shape index (κ2) is 3.98. The van der Waals surface area contributed by atoms with Crippen LogP contribution in [0.25, 0.3) is 6.08 Å². The van der Waals surface area contributed by atoms with Gasteiger partial charge in [0.2, 0.25) is 0 Å². The zero-order valence-electron chi connectivity index (χ0n) is 7.63. The fraction of sp³-hybridized carbons (Fsp3) is 0.200. The molecule has 0 N–H and O–H groups in total. The lowest BCUT2D eigenvalue weighted by atomic mass is 10.2. The van der Waals surface area contributed by atoms with Crippen molar-refractivity contribution in [2.24, 2.45) is 0 Å². The van der Waals surface area contributed by atoms with E-state index >= 15 is 0 Å².